The highest BCUT2D eigenvalue weighted by Gasteiger charge is 2.20. The van der Waals surface area contributed by atoms with Gasteiger partial charge in [0.25, 0.3) is 5.91 Å². The minimum absolute atomic E-state index is 0.0717. The summed E-state index contributed by atoms with van der Waals surface area (Å²) in [6, 6.07) is 1.01. The van der Waals surface area contributed by atoms with Crippen LogP contribution in [0, 0.1) is 11.6 Å². The lowest BCUT2D eigenvalue weighted by molar-refractivity contribution is 0.0690. The van der Waals surface area contributed by atoms with Crippen LogP contribution in [-0.4, -0.2) is 31.7 Å². The Balaban J connectivity index is 2.22. The number of aryl methyl sites for hydroxylation is 1. The summed E-state index contributed by atoms with van der Waals surface area (Å²) in [5.41, 5.74) is -1.10. The van der Waals surface area contributed by atoms with Crippen molar-refractivity contribution < 1.29 is 23.5 Å². The van der Waals surface area contributed by atoms with Gasteiger partial charge in [-0.15, -0.1) is 0 Å². The second-order valence-corrected chi connectivity index (χ2v) is 4.13. The molecule has 0 radical (unpaired) electrons. The topological polar surface area (TPSA) is 97.1 Å². The second kappa shape index (κ2) is 5.65. The molecule has 0 saturated heterocycles. The molecule has 0 bridgehead atoms. The van der Waals surface area contributed by atoms with Crippen LogP contribution in [0.1, 0.15) is 26.5 Å². The lowest BCUT2D eigenvalue weighted by Gasteiger charge is -2.07. The van der Waals surface area contributed by atoms with Crippen LogP contribution in [0.3, 0.4) is 0 Å². The number of carbonyl (C=O) groups is 2. The maximum Gasteiger partial charge on any atom is 0.336 e. The lowest BCUT2D eigenvalue weighted by Crippen LogP contribution is -2.26. The lowest BCUT2D eigenvalue weighted by atomic mass is 10.1. The van der Waals surface area contributed by atoms with E-state index in [2.05, 4.69) is 15.4 Å². The van der Waals surface area contributed by atoms with Crippen LogP contribution in [-0.2, 0) is 13.6 Å². The van der Waals surface area contributed by atoms with Crippen molar-refractivity contribution in [2.45, 2.75) is 6.54 Å². The first-order chi connectivity index (χ1) is 9.88. The largest absolute Gasteiger partial charge is 0.478 e. The molecular formula is C12H10F2N4O3. The summed E-state index contributed by atoms with van der Waals surface area (Å²) in [5.74, 6) is -4.74. The number of nitrogens with zero attached hydrogens (tertiary/aromatic N) is 3. The molecule has 21 heavy (non-hydrogen) atoms. The zero-order valence-electron chi connectivity index (χ0n) is 10.8. The van der Waals surface area contributed by atoms with E-state index in [0.717, 1.165) is 0 Å². The number of carboxylic acids is 1. The SMILES string of the molecule is Cn1cnc(CNC(=O)c2cc(F)c(F)cc2C(=O)O)n1. The molecule has 1 aromatic heterocycles. The predicted octanol–water partition coefficient (Wildman–Crippen LogP) is 0.722. The third-order valence-electron chi connectivity index (χ3n) is 2.59. The summed E-state index contributed by atoms with van der Waals surface area (Å²) in [6.45, 7) is -0.0717. The number of aromatic nitrogens is 3. The summed E-state index contributed by atoms with van der Waals surface area (Å²) in [4.78, 5) is 26.7. The quantitative estimate of drug-likeness (QED) is 0.866. The smallest absolute Gasteiger partial charge is 0.336 e. The van der Waals surface area contributed by atoms with Crippen LogP contribution in [0.2, 0.25) is 0 Å². The fraction of sp³-hybridized carbons (Fsp3) is 0.167. The van der Waals surface area contributed by atoms with Crippen molar-refractivity contribution >= 4 is 11.9 Å². The molecule has 0 aliphatic heterocycles. The molecule has 0 spiro atoms. The Morgan fingerprint density at radius 1 is 1.29 bits per heavy atom. The van der Waals surface area contributed by atoms with Crippen LogP contribution in [0.5, 0.6) is 0 Å². The molecule has 1 heterocycles. The van der Waals surface area contributed by atoms with Crippen molar-refractivity contribution in [3.8, 4) is 0 Å². The van der Waals surface area contributed by atoms with Gasteiger partial charge in [-0.2, -0.15) is 5.10 Å². The van der Waals surface area contributed by atoms with Gasteiger partial charge in [0, 0.05) is 7.05 Å². The Labute approximate surface area is 117 Å². The van der Waals surface area contributed by atoms with E-state index < -0.39 is 34.6 Å². The predicted molar refractivity (Wildman–Crippen MR) is 65.5 cm³/mol. The molecule has 110 valence electrons. The first-order valence-electron chi connectivity index (χ1n) is 5.73. The molecule has 0 aliphatic rings. The van der Waals surface area contributed by atoms with Crippen LogP contribution in [0.15, 0.2) is 18.5 Å². The van der Waals surface area contributed by atoms with Crippen molar-refractivity contribution in [1.82, 2.24) is 20.1 Å². The highest BCUT2D eigenvalue weighted by Crippen LogP contribution is 2.15. The van der Waals surface area contributed by atoms with Crippen LogP contribution >= 0.6 is 0 Å². The Morgan fingerprint density at radius 2 is 1.90 bits per heavy atom. The third kappa shape index (κ3) is 3.19. The minimum Gasteiger partial charge on any atom is -0.478 e. The third-order valence-corrected chi connectivity index (χ3v) is 2.59. The van der Waals surface area contributed by atoms with Crippen LogP contribution in [0.4, 0.5) is 8.78 Å². The maximum atomic E-state index is 13.2. The van der Waals surface area contributed by atoms with Crippen molar-refractivity contribution in [3.63, 3.8) is 0 Å². The first kappa shape index (κ1) is 14.6. The summed E-state index contributed by atoms with van der Waals surface area (Å²) in [7, 11) is 1.64. The number of rotatable bonds is 4. The van der Waals surface area contributed by atoms with Crippen LogP contribution in [0.25, 0.3) is 0 Å². The number of halogens is 2. The molecule has 0 saturated carbocycles. The molecule has 2 aromatic rings. The molecule has 0 unspecified atom stereocenters. The van der Waals surface area contributed by atoms with Gasteiger partial charge in [-0.25, -0.2) is 18.6 Å². The van der Waals surface area contributed by atoms with Gasteiger partial charge in [-0.1, -0.05) is 0 Å². The average Bonchev–Trinajstić information content (AvgIpc) is 2.84. The Bertz CT molecular complexity index is 715. The van der Waals surface area contributed by atoms with Gasteiger partial charge >= 0.3 is 5.97 Å². The number of carboxylic acid groups (broad SMARTS) is 1. The van der Waals surface area contributed by atoms with Gasteiger partial charge in [0.15, 0.2) is 17.5 Å². The summed E-state index contributed by atoms with van der Waals surface area (Å²) < 4.78 is 27.6. The molecule has 9 heteroatoms. The normalized spacial score (nSPS) is 10.4. The van der Waals surface area contributed by atoms with Gasteiger partial charge in [-0.05, 0) is 12.1 Å². The van der Waals surface area contributed by atoms with Gasteiger partial charge in [-0.3, -0.25) is 9.48 Å². The van der Waals surface area contributed by atoms with Crippen molar-refractivity contribution in [3.05, 3.63) is 47.0 Å². The zero-order chi connectivity index (χ0) is 15.6. The molecule has 2 rings (SSSR count). The fourth-order valence-electron chi connectivity index (χ4n) is 1.63. The van der Waals surface area contributed by atoms with E-state index in [0.29, 0.717) is 18.0 Å². The molecule has 0 aliphatic carbocycles. The van der Waals surface area contributed by atoms with E-state index in [-0.39, 0.29) is 6.54 Å². The summed E-state index contributed by atoms with van der Waals surface area (Å²) >= 11 is 0. The first-order valence-corrected chi connectivity index (χ1v) is 5.73. The Hall–Kier alpha value is -2.84. The van der Waals surface area contributed by atoms with Gasteiger partial charge in [0.2, 0.25) is 0 Å². The highest BCUT2D eigenvalue weighted by atomic mass is 19.2. The van der Waals surface area contributed by atoms with E-state index in [9.17, 15) is 18.4 Å². The summed E-state index contributed by atoms with van der Waals surface area (Å²) in [6.07, 6.45) is 1.42. The van der Waals surface area contributed by atoms with E-state index in [1.807, 2.05) is 0 Å². The molecule has 7 nitrogen and oxygen atoms in total. The molecule has 2 N–H and O–H groups in total. The fourth-order valence-corrected chi connectivity index (χ4v) is 1.63. The van der Waals surface area contributed by atoms with Crippen LogP contribution < -0.4 is 5.32 Å². The molecule has 0 atom stereocenters. The monoisotopic (exact) mass is 296 g/mol. The molecule has 0 fully saturated rings. The second-order valence-electron chi connectivity index (χ2n) is 4.13. The van der Waals surface area contributed by atoms with E-state index in [4.69, 9.17) is 5.11 Å². The Kier molecular flexibility index (Phi) is 3.92. The summed E-state index contributed by atoms with van der Waals surface area (Å²) in [5, 5.41) is 15.2. The number of amides is 1. The van der Waals surface area contributed by atoms with E-state index in [1.165, 1.54) is 11.0 Å². The van der Waals surface area contributed by atoms with Gasteiger partial charge in [0.05, 0.1) is 17.7 Å². The number of hydrogen-bond donors (Lipinski definition) is 2. The molecule has 1 amide bonds. The number of benzene rings is 1. The molecule has 1 aromatic carbocycles. The Morgan fingerprint density at radius 3 is 2.43 bits per heavy atom. The number of nitrogens with one attached hydrogen (secondary N) is 1. The standard InChI is InChI=1S/C12H10F2N4O3/c1-18-5-16-10(17-18)4-15-11(19)6-2-8(13)9(14)3-7(6)12(20)21/h2-3,5H,4H2,1H3,(H,15,19)(H,20,21). The number of aromatic carboxylic acids is 1. The average molecular weight is 296 g/mol. The minimum atomic E-state index is -1.53. The van der Waals surface area contributed by atoms with Crippen molar-refractivity contribution in [2.24, 2.45) is 7.05 Å². The van der Waals surface area contributed by atoms with Crippen molar-refractivity contribution in [2.75, 3.05) is 0 Å². The molecular weight excluding hydrogens is 286 g/mol. The number of carbonyl (C=O) groups excluding carboxylic acids is 1. The van der Waals surface area contributed by atoms with E-state index in [1.54, 1.807) is 7.05 Å². The van der Waals surface area contributed by atoms with Crippen molar-refractivity contribution in [1.29, 1.82) is 0 Å². The zero-order valence-corrected chi connectivity index (χ0v) is 10.8. The maximum absolute atomic E-state index is 13.2. The van der Waals surface area contributed by atoms with Gasteiger partial charge < -0.3 is 10.4 Å². The highest BCUT2D eigenvalue weighted by molar-refractivity contribution is 6.04. The number of hydrogen-bond acceptors (Lipinski definition) is 4. The van der Waals surface area contributed by atoms with E-state index >= 15 is 0 Å². The van der Waals surface area contributed by atoms with Gasteiger partial charge in [0.1, 0.15) is 6.33 Å².